The molecule has 0 aromatic heterocycles. The van der Waals surface area contributed by atoms with Crippen LogP contribution >= 0.6 is 0 Å². The molecule has 122 valence electrons. The van der Waals surface area contributed by atoms with Crippen LogP contribution in [0.5, 0.6) is 0 Å². The molecule has 0 aliphatic carbocycles. The molecule has 1 aromatic rings. The standard InChI is InChI=1S/C18H22N2O3/c21-16(19-8-7-14-3-1-2-4-15(14)9-19)5-6-17(22)20-10-18(11-20)12-23-13-18/h1-4H,5-13H2. The fourth-order valence-corrected chi connectivity index (χ4v) is 3.75. The fraction of sp³-hybridized carbons (Fsp3) is 0.556. The fourth-order valence-electron chi connectivity index (χ4n) is 3.75. The number of rotatable bonds is 3. The second-order valence-electron chi connectivity index (χ2n) is 7.08. The van der Waals surface area contributed by atoms with Crippen molar-refractivity contribution in [3.63, 3.8) is 0 Å². The van der Waals surface area contributed by atoms with Crippen LogP contribution in [0.25, 0.3) is 0 Å². The summed E-state index contributed by atoms with van der Waals surface area (Å²) in [4.78, 5) is 28.3. The summed E-state index contributed by atoms with van der Waals surface area (Å²) in [5.74, 6) is 0.198. The zero-order valence-electron chi connectivity index (χ0n) is 13.3. The van der Waals surface area contributed by atoms with Crippen LogP contribution in [0.3, 0.4) is 0 Å². The number of ether oxygens (including phenoxy) is 1. The van der Waals surface area contributed by atoms with Gasteiger partial charge >= 0.3 is 0 Å². The highest BCUT2D eigenvalue weighted by molar-refractivity contribution is 5.84. The molecule has 0 N–H and O–H groups in total. The van der Waals surface area contributed by atoms with Crippen molar-refractivity contribution in [2.75, 3.05) is 32.8 Å². The maximum Gasteiger partial charge on any atom is 0.223 e. The van der Waals surface area contributed by atoms with Crippen LogP contribution in [-0.4, -0.2) is 54.5 Å². The van der Waals surface area contributed by atoms with E-state index in [0.717, 1.165) is 39.3 Å². The molecule has 5 heteroatoms. The summed E-state index contributed by atoms with van der Waals surface area (Å²) < 4.78 is 5.22. The van der Waals surface area contributed by atoms with Gasteiger partial charge in [-0.3, -0.25) is 9.59 Å². The molecular formula is C18H22N2O3. The average molecular weight is 314 g/mol. The molecule has 2 saturated heterocycles. The summed E-state index contributed by atoms with van der Waals surface area (Å²) >= 11 is 0. The molecule has 23 heavy (non-hydrogen) atoms. The van der Waals surface area contributed by atoms with E-state index >= 15 is 0 Å². The molecule has 2 fully saturated rings. The van der Waals surface area contributed by atoms with Gasteiger partial charge in [0.05, 0.1) is 18.6 Å². The lowest BCUT2D eigenvalue weighted by Gasteiger charge is -2.55. The Balaban J connectivity index is 1.25. The molecule has 0 bridgehead atoms. The van der Waals surface area contributed by atoms with Crippen LogP contribution in [0.15, 0.2) is 24.3 Å². The second-order valence-corrected chi connectivity index (χ2v) is 7.08. The summed E-state index contributed by atoms with van der Waals surface area (Å²) in [6.07, 6.45) is 1.55. The Morgan fingerprint density at radius 2 is 1.65 bits per heavy atom. The minimum Gasteiger partial charge on any atom is -0.380 e. The molecule has 4 rings (SSSR count). The summed E-state index contributed by atoms with van der Waals surface area (Å²) in [6.45, 7) is 4.60. The van der Waals surface area contributed by atoms with Crippen molar-refractivity contribution < 1.29 is 14.3 Å². The SMILES string of the molecule is O=C(CCC(=O)N1CC2(COC2)C1)N1CCc2ccccc2C1. The van der Waals surface area contributed by atoms with Gasteiger partial charge in [-0.25, -0.2) is 0 Å². The largest absolute Gasteiger partial charge is 0.380 e. The minimum absolute atomic E-state index is 0.0927. The quantitative estimate of drug-likeness (QED) is 0.843. The molecule has 3 aliphatic rings. The number of nitrogens with zero attached hydrogens (tertiary/aromatic N) is 2. The van der Waals surface area contributed by atoms with Gasteiger partial charge in [-0.05, 0) is 17.5 Å². The summed E-state index contributed by atoms with van der Waals surface area (Å²) in [6, 6.07) is 8.27. The normalized spacial score (nSPS) is 21.4. The lowest BCUT2D eigenvalue weighted by atomic mass is 9.78. The van der Waals surface area contributed by atoms with E-state index in [1.807, 2.05) is 21.9 Å². The Labute approximate surface area is 136 Å². The second kappa shape index (κ2) is 5.64. The molecule has 0 saturated carbocycles. The van der Waals surface area contributed by atoms with E-state index in [4.69, 9.17) is 4.74 Å². The van der Waals surface area contributed by atoms with Crippen molar-refractivity contribution in [2.45, 2.75) is 25.8 Å². The average Bonchev–Trinajstić information content (AvgIpc) is 2.49. The van der Waals surface area contributed by atoms with E-state index in [-0.39, 0.29) is 17.2 Å². The highest BCUT2D eigenvalue weighted by atomic mass is 16.5. The number of hydrogen-bond acceptors (Lipinski definition) is 3. The van der Waals surface area contributed by atoms with Gasteiger partial charge in [-0.1, -0.05) is 24.3 Å². The summed E-state index contributed by atoms with van der Waals surface area (Å²) in [7, 11) is 0. The number of amides is 2. The van der Waals surface area contributed by atoms with Crippen LogP contribution in [-0.2, 0) is 27.3 Å². The van der Waals surface area contributed by atoms with E-state index in [1.54, 1.807) is 0 Å². The van der Waals surface area contributed by atoms with E-state index in [0.29, 0.717) is 19.4 Å². The smallest absolute Gasteiger partial charge is 0.223 e. The highest BCUT2D eigenvalue weighted by Crippen LogP contribution is 2.37. The van der Waals surface area contributed by atoms with Crippen molar-refractivity contribution in [2.24, 2.45) is 5.41 Å². The topological polar surface area (TPSA) is 49.9 Å². The van der Waals surface area contributed by atoms with Gasteiger partial charge in [-0.2, -0.15) is 0 Å². The number of hydrogen-bond donors (Lipinski definition) is 0. The summed E-state index contributed by atoms with van der Waals surface area (Å²) in [5.41, 5.74) is 2.81. The Morgan fingerprint density at radius 3 is 2.30 bits per heavy atom. The van der Waals surface area contributed by atoms with Crippen molar-refractivity contribution in [3.05, 3.63) is 35.4 Å². The van der Waals surface area contributed by atoms with Gasteiger partial charge < -0.3 is 14.5 Å². The van der Waals surface area contributed by atoms with E-state index in [2.05, 4.69) is 12.1 Å². The molecule has 0 atom stereocenters. The van der Waals surface area contributed by atoms with Crippen LogP contribution in [0, 0.1) is 5.41 Å². The maximum atomic E-state index is 12.4. The molecule has 0 unspecified atom stereocenters. The van der Waals surface area contributed by atoms with Gasteiger partial charge in [0.2, 0.25) is 11.8 Å². The third kappa shape index (κ3) is 2.74. The van der Waals surface area contributed by atoms with Gasteiger partial charge in [0, 0.05) is 39.0 Å². The first kappa shape index (κ1) is 14.7. The number of carbonyl (C=O) groups is 2. The highest BCUT2D eigenvalue weighted by Gasteiger charge is 2.50. The Kier molecular flexibility index (Phi) is 3.60. The van der Waals surface area contributed by atoms with Gasteiger partial charge in [-0.15, -0.1) is 0 Å². The van der Waals surface area contributed by atoms with Crippen molar-refractivity contribution in [3.8, 4) is 0 Å². The Hall–Kier alpha value is -1.88. The maximum absolute atomic E-state index is 12.4. The number of fused-ring (bicyclic) bond motifs is 1. The third-order valence-electron chi connectivity index (χ3n) is 5.26. The zero-order valence-corrected chi connectivity index (χ0v) is 13.3. The number of benzene rings is 1. The lowest BCUT2D eigenvalue weighted by molar-refractivity contribution is -0.195. The third-order valence-corrected chi connectivity index (χ3v) is 5.26. The van der Waals surface area contributed by atoms with Gasteiger partial charge in [0.1, 0.15) is 0 Å². The van der Waals surface area contributed by atoms with Crippen LogP contribution < -0.4 is 0 Å². The predicted molar refractivity (Wildman–Crippen MR) is 84.6 cm³/mol. The molecule has 3 aliphatic heterocycles. The molecular weight excluding hydrogens is 292 g/mol. The van der Waals surface area contributed by atoms with E-state index < -0.39 is 0 Å². The van der Waals surface area contributed by atoms with Crippen molar-refractivity contribution in [1.82, 2.24) is 9.80 Å². The monoisotopic (exact) mass is 314 g/mol. The number of carbonyl (C=O) groups excluding carboxylic acids is 2. The van der Waals surface area contributed by atoms with E-state index in [9.17, 15) is 9.59 Å². The Bertz CT molecular complexity index is 631. The van der Waals surface area contributed by atoms with Crippen LogP contribution in [0.4, 0.5) is 0 Å². The van der Waals surface area contributed by atoms with Crippen LogP contribution in [0.2, 0.25) is 0 Å². The Morgan fingerprint density at radius 1 is 1.00 bits per heavy atom. The molecule has 5 nitrogen and oxygen atoms in total. The first-order chi connectivity index (χ1) is 11.2. The lowest BCUT2D eigenvalue weighted by Crippen LogP contribution is -2.67. The van der Waals surface area contributed by atoms with Crippen molar-refractivity contribution in [1.29, 1.82) is 0 Å². The minimum atomic E-state index is 0.0927. The van der Waals surface area contributed by atoms with Crippen molar-refractivity contribution >= 4 is 11.8 Å². The molecule has 0 radical (unpaired) electrons. The van der Waals surface area contributed by atoms with Gasteiger partial charge in [0.15, 0.2) is 0 Å². The predicted octanol–water partition coefficient (Wildman–Crippen LogP) is 1.21. The first-order valence-corrected chi connectivity index (χ1v) is 8.35. The summed E-state index contributed by atoms with van der Waals surface area (Å²) in [5, 5.41) is 0. The molecule has 1 aromatic carbocycles. The molecule has 3 heterocycles. The number of likely N-dealkylation sites (tertiary alicyclic amines) is 1. The molecule has 1 spiro atoms. The van der Waals surface area contributed by atoms with E-state index in [1.165, 1.54) is 11.1 Å². The van der Waals surface area contributed by atoms with Crippen LogP contribution in [0.1, 0.15) is 24.0 Å². The zero-order chi connectivity index (χ0) is 15.9. The first-order valence-electron chi connectivity index (χ1n) is 8.35. The van der Waals surface area contributed by atoms with Gasteiger partial charge in [0.25, 0.3) is 0 Å². The molecule has 2 amide bonds.